The van der Waals surface area contributed by atoms with Gasteiger partial charge in [0.25, 0.3) is 0 Å². The van der Waals surface area contributed by atoms with Crippen molar-refractivity contribution in [2.24, 2.45) is 0 Å². The number of hydrogen-bond acceptors (Lipinski definition) is 4. The van der Waals surface area contributed by atoms with Gasteiger partial charge in [-0.25, -0.2) is 0 Å². The molecule has 0 fully saturated rings. The smallest absolute Gasteiger partial charge is 0.124 e. The van der Waals surface area contributed by atoms with E-state index in [1.807, 2.05) is 19.1 Å². The molecule has 0 radical (unpaired) electrons. The van der Waals surface area contributed by atoms with Crippen LogP contribution < -0.4 is 14.8 Å². The zero-order chi connectivity index (χ0) is 14.6. The summed E-state index contributed by atoms with van der Waals surface area (Å²) in [5.74, 6) is 1.37. The molecule has 108 valence electrons. The van der Waals surface area contributed by atoms with Gasteiger partial charge in [-0.2, -0.15) is 0 Å². The molecule has 0 heterocycles. The second-order valence-electron chi connectivity index (χ2n) is 5.74. The van der Waals surface area contributed by atoms with Crippen molar-refractivity contribution >= 4 is 0 Å². The van der Waals surface area contributed by atoms with Crippen molar-refractivity contribution in [2.75, 3.05) is 14.2 Å². The summed E-state index contributed by atoms with van der Waals surface area (Å²) in [6.45, 7) is 8.16. The van der Waals surface area contributed by atoms with E-state index in [0.717, 1.165) is 5.56 Å². The number of aliphatic hydroxyl groups excluding tert-OH is 1. The monoisotopic (exact) mass is 267 g/mol. The van der Waals surface area contributed by atoms with Crippen molar-refractivity contribution < 1.29 is 14.6 Å². The number of rotatable bonds is 5. The average Bonchev–Trinajstić information content (AvgIpc) is 2.35. The number of methoxy groups -OCH3 is 2. The quantitative estimate of drug-likeness (QED) is 0.860. The Labute approximate surface area is 115 Å². The first-order chi connectivity index (χ1) is 8.78. The van der Waals surface area contributed by atoms with Gasteiger partial charge in [0, 0.05) is 17.1 Å². The van der Waals surface area contributed by atoms with Gasteiger partial charge >= 0.3 is 0 Å². The molecule has 1 aromatic rings. The highest BCUT2D eigenvalue weighted by molar-refractivity contribution is 5.42. The highest BCUT2D eigenvalue weighted by atomic mass is 16.5. The Morgan fingerprint density at radius 1 is 1.16 bits per heavy atom. The van der Waals surface area contributed by atoms with Crippen molar-refractivity contribution in [3.8, 4) is 11.5 Å². The maximum absolute atomic E-state index is 10.5. The molecular formula is C15H25NO3. The predicted octanol–water partition coefficient (Wildman–Crippen LogP) is 2.51. The number of ether oxygens (including phenoxy) is 2. The van der Waals surface area contributed by atoms with Crippen LogP contribution in [-0.2, 0) is 0 Å². The summed E-state index contributed by atoms with van der Waals surface area (Å²) in [7, 11) is 3.20. The van der Waals surface area contributed by atoms with Crippen LogP contribution in [-0.4, -0.2) is 30.9 Å². The van der Waals surface area contributed by atoms with Crippen LogP contribution >= 0.6 is 0 Å². The largest absolute Gasteiger partial charge is 0.497 e. The van der Waals surface area contributed by atoms with Crippen LogP contribution in [0.1, 0.15) is 39.4 Å². The summed E-state index contributed by atoms with van der Waals surface area (Å²) in [6, 6.07) is 5.34. The lowest BCUT2D eigenvalue weighted by atomic mass is 9.99. The fourth-order valence-corrected chi connectivity index (χ4v) is 2.10. The standard InChI is InChI=1S/C15H25NO3/c1-10(16-15(2,3)4)14(17)12-9-11(18-5)7-8-13(12)19-6/h7-10,14,16-17H,1-6H3/t10-,14+/m1/s1. The molecule has 0 saturated heterocycles. The summed E-state index contributed by atoms with van der Waals surface area (Å²) in [4.78, 5) is 0. The molecule has 4 heteroatoms. The second-order valence-corrected chi connectivity index (χ2v) is 5.74. The minimum absolute atomic E-state index is 0.0630. The average molecular weight is 267 g/mol. The summed E-state index contributed by atoms with van der Waals surface area (Å²) >= 11 is 0. The minimum atomic E-state index is -0.663. The Morgan fingerprint density at radius 3 is 2.26 bits per heavy atom. The van der Waals surface area contributed by atoms with Gasteiger partial charge < -0.3 is 19.9 Å². The van der Waals surface area contributed by atoms with Crippen molar-refractivity contribution in [1.29, 1.82) is 0 Å². The molecule has 0 bridgehead atoms. The molecule has 0 unspecified atom stereocenters. The van der Waals surface area contributed by atoms with Crippen LogP contribution in [0.3, 0.4) is 0 Å². The second kappa shape index (κ2) is 6.26. The normalized spacial score (nSPS) is 14.9. The summed E-state index contributed by atoms with van der Waals surface area (Å²) in [5.41, 5.74) is 0.665. The third-order valence-corrected chi connectivity index (χ3v) is 2.89. The lowest BCUT2D eigenvalue weighted by Gasteiger charge is -2.30. The highest BCUT2D eigenvalue weighted by Gasteiger charge is 2.24. The molecule has 0 aliphatic rings. The minimum Gasteiger partial charge on any atom is -0.497 e. The van der Waals surface area contributed by atoms with Gasteiger partial charge in [-0.1, -0.05) is 0 Å². The van der Waals surface area contributed by atoms with E-state index in [0.29, 0.717) is 11.5 Å². The van der Waals surface area contributed by atoms with E-state index < -0.39 is 6.10 Å². The zero-order valence-corrected chi connectivity index (χ0v) is 12.7. The Bertz CT molecular complexity index is 412. The van der Waals surface area contributed by atoms with Crippen molar-refractivity contribution in [3.05, 3.63) is 23.8 Å². The molecule has 2 N–H and O–H groups in total. The van der Waals surface area contributed by atoms with Crippen LogP contribution in [0.2, 0.25) is 0 Å². The van der Waals surface area contributed by atoms with E-state index in [9.17, 15) is 5.11 Å². The van der Waals surface area contributed by atoms with E-state index >= 15 is 0 Å². The van der Waals surface area contributed by atoms with Gasteiger partial charge in [-0.15, -0.1) is 0 Å². The van der Waals surface area contributed by atoms with Crippen LogP contribution in [0.5, 0.6) is 11.5 Å². The first-order valence-corrected chi connectivity index (χ1v) is 6.46. The molecule has 1 rings (SSSR count). The summed E-state index contributed by atoms with van der Waals surface area (Å²) in [5, 5.41) is 13.8. The predicted molar refractivity (Wildman–Crippen MR) is 76.9 cm³/mol. The maximum Gasteiger partial charge on any atom is 0.124 e. The summed E-state index contributed by atoms with van der Waals surface area (Å²) < 4.78 is 10.5. The number of nitrogens with one attached hydrogen (secondary N) is 1. The van der Waals surface area contributed by atoms with E-state index in [-0.39, 0.29) is 11.6 Å². The van der Waals surface area contributed by atoms with Gasteiger partial charge in [-0.3, -0.25) is 0 Å². The first kappa shape index (κ1) is 15.8. The summed E-state index contributed by atoms with van der Waals surface area (Å²) in [6.07, 6.45) is -0.663. The molecule has 0 aliphatic carbocycles. The van der Waals surface area contributed by atoms with Crippen molar-refractivity contribution in [3.63, 3.8) is 0 Å². The van der Waals surface area contributed by atoms with E-state index in [2.05, 4.69) is 26.1 Å². The molecular weight excluding hydrogens is 242 g/mol. The molecule has 0 saturated carbocycles. The molecule has 0 aromatic heterocycles. The van der Waals surface area contributed by atoms with E-state index in [4.69, 9.17) is 9.47 Å². The Hall–Kier alpha value is -1.26. The van der Waals surface area contributed by atoms with Crippen LogP contribution in [0.15, 0.2) is 18.2 Å². The number of hydrogen-bond donors (Lipinski definition) is 2. The fourth-order valence-electron chi connectivity index (χ4n) is 2.10. The van der Waals surface area contributed by atoms with Gasteiger partial charge in [0.15, 0.2) is 0 Å². The van der Waals surface area contributed by atoms with Gasteiger partial charge in [0.1, 0.15) is 11.5 Å². The number of benzene rings is 1. The molecule has 0 aliphatic heterocycles. The molecule has 0 amide bonds. The SMILES string of the molecule is COc1ccc(OC)c([C@@H](O)[C@@H](C)NC(C)(C)C)c1. The lowest BCUT2D eigenvalue weighted by Crippen LogP contribution is -2.45. The third kappa shape index (κ3) is 4.40. The Kier molecular flexibility index (Phi) is 5.20. The van der Waals surface area contributed by atoms with E-state index in [1.54, 1.807) is 20.3 Å². The molecule has 2 atom stereocenters. The Morgan fingerprint density at radius 2 is 1.79 bits per heavy atom. The van der Waals surface area contributed by atoms with Crippen molar-refractivity contribution in [2.45, 2.75) is 45.4 Å². The van der Waals surface area contributed by atoms with Gasteiger partial charge in [0.2, 0.25) is 0 Å². The lowest BCUT2D eigenvalue weighted by molar-refractivity contribution is 0.118. The maximum atomic E-state index is 10.5. The highest BCUT2D eigenvalue weighted by Crippen LogP contribution is 2.31. The Balaban J connectivity index is 2.99. The van der Waals surface area contributed by atoms with Crippen molar-refractivity contribution in [1.82, 2.24) is 5.32 Å². The van der Waals surface area contributed by atoms with Crippen LogP contribution in [0.4, 0.5) is 0 Å². The molecule has 0 spiro atoms. The topological polar surface area (TPSA) is 50.7 Å². The van der Waals surface area contributed by atoms with Gasteiger partial charge in [-0.05, 0) is 45.9 Å². The van der Waals surface area contributed by atoms with Crippen LogP contribution in [0.25, 0.3) is 0 Å². The van der Waals surface area contributed by atoms with Crippen LogP contribution in [0, 0.1) is 0 Å². The molecule has 19 heavy (non-hydrogen) atoms. The van der Waals surface area contributed by atoms with Gasteiger partial charge in [0.05, 0.1) is 20.3 Å². The zero-order valence-electron chi connectivity index (χ0n) is 12.7. The molecule has 4 nitrogen and oxygen atoms in total. The first-order valence-electron chi connectivity index (χ1n) is 6.46. The third-order valence-electron chi connectivity index (χ3n) is 2.89. The fraction of sp³-hybridized carbons (Fsp3) is 0.600. The molecule has 1 aromatic carbocycles. The van der Waals surface area contributed by atoms with E-state index in [1.165, 1.54) is 0 Å². The number of aliphatic hydroxyl groups is 1.